The van der Waals surface area contributed by atoms with Crippen molar-refractivity contribution in [3.63, 3.8) is 0 Å². The molecular formula is C8H11IN2O2. The Balaban J connectivity index is 2.99. The van der Waals surface area contributed by atoms with Gasteiger partial charge in [0.15, 0.2) is 5.54 Å². The monoisotopic (exact) mass is 294 g/mol. The first-order valence-corrected chi connectivity index (χ1v) is 4.85. The molecule has 0 radical (unpaired) electrons. The summed E-state index contributed by atoms with van der Waals surface area (Å²) in [5, 5.41) is 4.06. The van der Waals surface area contributed by atoms with Gasteiger partial charge < -0.3 is 4.74 Å². The van der Waals surface area contributed by atoms with E-state index in [9.17, 15) is 4.79 Å². The molecule has 0 spiro atoms. The van der Waals surface area contributed by atoms with Gasteiger partial charge in [-0.1, -0.05) is 0 Å². The van der Waals surface area contributed by atoms with E-state index in [1.807, 2.05) is 0 Å². The molecule has 1 aromatic heterocycles. The number of carbonyl (C=O) groups excluding carboxylic acids is 1. The average molecular weight is 294 g/mol. The minimum absolute atomic E-state index is 0.299. The Hall–Kier alpha value is -0.590. The Labute approximate surface area is 90.4 Å². The first-order valence-electron chi connectivity index (χ1n) is 3.77. The highest BCUT2D eigenvalue weighted by atomic mass is 127. The maximum Gasteiger partial charge on any atom is 0.333 e. The topological polar surface area (TPSA) is 44.1 Å². The minimum Gasteiger partial charge on any atom is -0.467 e. The lowest BCUT2D eigenvalue weighted by Gasteiger charge is -2.21. The molecule has 0 amide bonds. The van der Waals surface area contributed by atoms with E-state index in [1.165, 1.54) is 7.11 Å². The Bertz CT molecular complexity index is 320. The van der Waals surface area contributed by atoms with Gasteiger partial charge in [0, 0.05) is 6.20 Å². The number of carbonyl (C=O) groups is 1. The van der Waals surface area contributed by atoms with Gasteiger partial charge in [-0.2, -0.15) is 5.10 Å². The Morgan fingerprint density at radius 2 is 2.31 bits per heavy atom. The second kappa shape index (κ2) is 3.65. The summed E-state index contributed by atoms with van der Waals surface area (Å²) in [6.07, 6.45) is 3.50. The van der Waals surface area contributed by atoms with Crippen molar-refractivity contribution >= 4 is 28.6 Å². The molecule has 13 heavy (non-hydrogen) atoms. The normalized spacial score (nSPS) is 11.4. The first-order chi connectivity index (χ1) is 5.98. The van der Waals surface area contributed by atoms with Crippen molar-refractivity contribution in [2.75, 3.05) is 7.11 Å². The van der Waals surface area contributed by atoms with Crippen LogP contribution in [0.15, 0.2) is 12.4 Å². The van der Waals surface area contributed by atoms with E-state index in [1.54, 1.807) is 30.9 Å². The van der Waals surface area contributed by atoms with Gasteiger partial charge in [-0.3, -0.25) is 4.68 Å². The van der Waals surface area contributed by atoms with Gasteiger partial charge in [-0.25, -0.2) is 4.79 Å². The number of hydrogen-bond donors (Lipinski definition) is 0. The average Bonchev–Trinajstić information content (AvgIpc) is 2.50. The Morgan fingerprint density at radius 1 is 1.69 bits per heavy atom. The molecule has 1 heterocycles. The lowest BCUT2D eigenvalue weighted by molar-refractivity contribution is -0.150. The van der Waals surface area contributed by atoms with Crippen LogP contribution in [0.25, 0.3) is 0 Å². The number of esters is 1. The molecule has 0 bridgehead atoms. The van der Waals surface area contributed by atoms with Gasteiger partial charge in [0.1, 0.15) is 0 Å². The molecule has 1 aromatic rings. The van der Waals surface area contributed by atoms with Crippen molar-refractivity contribution in [3.8, 4) is 0 Å². The van der Waals surface area contributed by atoms with Crippen LogP contribution in [0, 0.1) is 3.57 Å². The summed E-state index contributed by atoms with van der Waals surface area (Å²) in [4.78, 5) is 11.4. The van der Waals surface area contributed by atoms with Crippen LogP contribution in [0.4, 0.5) is 0 Å². The molecular weight excluding hydrogens is 283 g/mol. The number of halogens is 1. The molecule has 0 aliphatic heterocycles. The summed E-state index contributed by atoms with van der Waals surface area (Å²) in [5.41, 5.74) is -0.738. The van der Waals surface area contributed by atoms with Gasteiger partial charge in [0.25, 0.3) is 0 Å². The lowest BCUT2D eigenvalue weighted by Crippen LogP contribution is -2.37. The molecule has 0 aromatic carbocycles. The predicted octanol–water partition coefficient (Wildman–Crippen LogP) is 1.40. The largest absolute Gasteiger partial charge is 0.467 e. The van der Waals surface area contributed by atoms with Gasteiger partial charge in [0.2, 0.25) is 0 Å². The van der Waals surface area contributed by atoms with E-state index in [0.29, 0.717) is 0 Å². The Kier molecular flexibility index (Phi) is 2.94. The molecule has 1 rings (SSSR count). The van der Waals surface area contributed by atoms with Crippen molar-refractivity contribution in [3.05, 3.63) is 16.0 Å². The highest BCUT2D eigenvalue weighted by Gasteiger charge is 2.31. The van der Waals surface area contributed by atoms with Crippen LogP contribution < -0.4 is 0 Å². The minimum atomic E-state index is -0.738. The van der Waals surface area contributed by atoms with E-state index in [-0.39, 0.29) is 5.97 Å². The fourth-order valence-corrected chi connectivity index (χ4v) is 1.34. The molecule has 0 aliphatic carbocycles. The molecule has 0 fully saturated rings. The number of nitrogens with zero attached hydrogens (tertiary/aromatic N) is 2. The van der Waals surface area contributed by atoms with Crippen molar-refractivity contribution in [2.45, 2.75) is 19.4 Å². The fourth-order valence-electron chi connectivity index (χ4n) is 0.950. The standard InChI is InChI=1S/C8H11IN2O2/c1-8(2,7(12)13-3)11-5-6(9)4-10-11/h4-5H,1-3H3. The summed E-state index contributed by atoms with van der Waals surface area (Å²) in [7, 11) is 1.37. The van der Waals surface area contributed by atoms with E-state index < -0.39 is 5.54 Å². The van der Waals surface area contributed by atoms with Crippen molar-refractivity contribution < 1.29 is 9.53 Å². The third-order valence-electron chi connectivity index (χ3n) is 1.81. The van der Waals surface area contributed by atoms with Crippen LogP contribution in [0.5, 0.6) is 0 Å². The van der Waals surface area contributed by atoms with Crippen LogP contribution in [-0.2, 0) is 15.1 Å². The number of aromatic nitrogens is 2. The summed E-state index contributed by atoms with van der Waals surface area (Å²) in [5.74, 6) is -0.299. The molecule has 0 saturated carbocycles. The van der Waals surface area contributed by atoms with Gasteiger partial charge in [-0.15, -0.1) is 0 Å². The van der Waals surface area contributed by atoms with Crippen LogP contribution in [0.1, 0.15) is 13.8 Å². The number of ether oxygens (including phenoxy) is 1. The zero-order chi connectivity index (χ0) is 10.1. The van der Waals surface area contributed by atoms with E-state index in [0.717, 1.165) is 3.57 Å². The smallest absolute Gasteiger partial charge is 0.333 e. The molecule has 0 atom stereocenters. The third-order valence-corrected chi connectivity index (χ3v) is 2.37. The van der Waals surface area contributed by atoms with Crippen molar-refractivity contribution in [1.29, 1.82) is 0 Å². The van der Waals surface area contributed by atoms with Crippen molar-refractivity contribution in [2.24, 2.45) is 0 Å². The molecule has 72 valence electrons. The van der Waals surface area contributed by atoms with Crippen LogP contribution in [0.3, 0.4) is 0 Å². The maximum absolute atomic E-state index is 11.4. The zero-order valence-electron chi connectivity index (χ0n) is 7.74. The number of rotatable bonds is 2. The summed E-state index contributed by atoms with van der Waals surface area (Å²) >= 11 is 2.14. The maximum atomic E-state index is 11.4. The zero-order valence-corrected chi connectivity index (χ0v) is 9.90. The quantitative estimate of drug-likeness (QED) is 0.611. The predicted molar refractivity (Wildman–Crippen MR) is 56.3 cm³/mol. The van der Waals surface area contributed by atoms with E-state index in [4.69, 9.17) is 0 Å². The highest BCUT2D eigenvalue weighted by Crippen LogP contribution is 2.17. The number of methoxy groups -OCH3 is 1. The van der Waals surface area contributed by atoms with Crippen LogP contribution >= 0.6 is 22.6 Å². The molecule has 0 unspecified atom stereocenters. The summed E-state index contributed by atoms with van der Waals surface area (Å²) in [6, 6.07) is 0. The lowest BCUT2D eigenvalue weighted by atomic mass is 10.1. The molecule has 5 heteroatoms. The SMILES string of the molecule is COC(=O)C(C)(C)n1cc(I)cn1. The summed E-state index contributed by atoms with van der Waals surface area (Å²) in [6.45, 7) is 3.53. The first kappa shape index (κ1) is 10.5. The Morgan fingerprint density at radius 3 is 2.69 bits per heavy atom. The van der Waals surface area contributed by atoms with Crippen LogP contribution in [-0.4, -0.2) is 22.9 Å². The highest BCUT2D eigenvalue weighted by molar-refractivity contribution is 14.1. The second-order valence-electron chi connectivity index (χ2n) is 3.15. The second-order valence-corrected chi connectivity index (χ2v) is 4.40. The number of hydrogen-bond acceptors (Lipinski definition) is 3. The van der Waals surface area contributed by atoms with Gasteiger partial charge in [0.05, 0.1) is 16.9 Å². The van der Waals surface area contributed by atoms with E-state index in [2.05, 4.69) is 32.4 Å². The molecule has 4 nitrogen and oxygen atoms in total. The summed E-state index contributed by atoms with van der Waals surface area (Å²) < 4.78 is 7.27. The molecule has 0 aliphatic rings. The van der Waals surface area contributed by atoms with Crippen LogP contribution in [0.2, 0.25) is 0 Å². The third kappa shape index (κ3) is 2.01. The van der Waals surface area contributed by atoms with Crippen molar-refractivity contribution in [1.82, 2.24) is 9.78 Å². The molecule has 0 N–H and O–H groups in total. The molecule has 0 saturated heterocycles. The fraction of sp³-hybridized carbons (Fsp3) is 0.500. The van der Waals surface area contributed by atoms with Gasteiger partial charge in [-0.05, 0) is 36.4 Å². The van der Waals surface area contributed by atoms with Gasteiger partial charge >= 0.3 is 5.97 Å². The van der Waals surface area contributed by atoms with E-state index >= 15 is 0 Å².